The summed E-state index contributed by atoms with van der Waals surface area (Å²) in [5.41, 5.74) is 3.68. The molecule has 64 heavy (non-hydrogen) atoms. The molecule has 0 aromatic heterocycles. The lowest BCUT2D eigenvalue weighted by molar-refractivity contribution is 0.0974. The van der Waals surface area contributed by atoms with Gasteiger partial charge in [0.2, 0.25) is 11.6 Å². The fourth-order valence-corrected chi connectivity index (χ4v) is 10.4. The highest BCUT2D eigenvalue weighted by atomic mass is 16.5. The summed E-state index contributed by atoms with van der Waals surface area (Å²) in [5, 5.41) is 30.7. The monoisotopic (exact) mass is 854 g/mol. The smallest absolute Gasteiger partial charge is 0.200 e. The van der Waals surface area contributed by atoms with Gasteiger partial charge in [-0.2, -0.15) is 0 Å². The van der Waals surface area contributed by atoms with Gasteiger partial charge in [0.1, 0.15) is 11.5 Å². The molecule has 8 nitrogen and oxygen atoms in total. The van der Waals surface area contributed by atoms with Crippen molar-refractivity contribution < 1.29 is 29.3 Å². The molecule has 0 bridgehead atoms. The molecular formula is C56H58N2O6. The van der Waals surface area contributed by atoms with Crippen LogP contribution in [-0.2, 0) is 0 Å². The highest BCUT2D eigenvalue weighted by molar-refractivity contribution is 6.34. The molecule has 4 N–H and O–H groups in total. The number of rotatable bonds is 14. The third kappa shape index (κ3) is 8.96. The third-order valence-electron chi connectivity index (χ3n) is 13.8. The fourth-order valence-electron chi connectivity index (χ4n) is 10.4. The average molecular weight is 855 g/mol. The Hall–Kier alpha value is -6.54. The van der Waals surface area contributed by atoms with Crippen molar-refractivity contribution in [1.29, 1.82) is 0 Å². The second-order valence-corrected chi connectivity index (χ2v) is 18.0. The first-order chi connectivity index (χ1) is 31.3. The van der Waals surface area contributed by atoms with Crippen LogP contribution in [0.5, 0.6) is 34.5 Å². The van der Waals surface area contributed by atoms with Crippen LogP contribution < -0.4 is 20.1 Å². The van der Waals surface area contributed by atoms with E-state index in [1.54, 1.807) is 12.1 Å². The summed E-state index contributed by atoms with van der Waals surface area (Å²) in [6.07, 6.45) is 14.7. The van der Waals surface area contributed by atoms with Crippen molar-refractivity contribution in [3.8, 4) is 34.5 Å². The first-order valence-electron chi connectivity index (χ1n) is 23.4. The molecular weight excluding hydrogens is 797 g/mol. The quantitative estimate of drug-likeness (QED) is 0.0799. The van der Waals surface area contributed by atoms with Gasteiger partial charge in [-0.1, -0.05) is 100 Å². The SMILES string of the molecule is CCCC1CCC(c2ccc(Oc3cc(Nc4ccccc4)c4c(c3O)C(=O)c3c(Nc5ccccc5)cc(Oc5ccc(C6CCC(CCC)CC6)cc5)c(O)c3C4=O)cc2)CC1. The molecule has 2 saturated carbocycles. The summed E-state index contributed by atoms with van der Waals surface area (Å²) in [6.45, 7) is 4.52. The first kappa shape index (κ1) is 42.7. The van der Waals surface area contributed by atoms with E-state index in [1.165, 1.54) is 88.2 Å². The number of benzene rings is 6. The number of phenols is 2. The molecule has 9 rings (SSSR count). The second-order valence-electron chi connectivity index (χ2n) is 18.0. The van der Waals surface area contributed by atoms with Crippen molar-refractivity contribution in [2.24, 2.45) is 11.8 Å². The Balaban J connectivity index is 1.07. The molecule has 0 heterocycles. The Morgan fingerprint density at radius 3 is 1.19 bits per heavy atom. The van der Waals surface area contributed by atoms with Gasteiger partial charge < -0.3 is 30.3 Å². The molecule has 8 heteroatoms. The number of aromatic hydroxyl groups is 2. The number of hydrogen-bond acceptors (Lipinski definition) is 8. The summed E-state index contributed by atoms with van der Waals surface area (Å²) in [5.74, 6) is 1.35. The van der Waals surface area contributed by atoms with Gasteiger partial charge in [0, 0.05) is 23.5 Å². The van der Waals surface area contributed by atoms with E-state index in [-0.39, 0.29) is 45.1 Å². The number of carbonyl (C=O) groups excluding carboxylic acids is 2. The summed E-state index contributed by atoms with van der Waals surface area (Å²) >= 11 is 0. The minimum Gasteiger partial charge on any atom is -0.504 e. The van der Waals surface area contributed by atoms with Gasteiger partial charge in [0.25, 0.3) is 0 Å². The molecule has 0 unspecified atom stereocenters. The molecule has 0 saturated heterocycles. The van der Waals surface area contributed by atoms with E-state index >= 15 is 9.59 Å². The van der Waals surface area contributed by atoms with Crippen LogP contribution in [0.25, 0.3) is 0 Å². The van der Waals surface area contributed by atoms with E-state index in [0.717, 1.165) is 11.8 Å². The van der Waals surface area contributed by atoms with E-state index in [4.69, 9.17) is 9.47 Å². The maximum Gasteiger partial charge on any atom is 0.200 e. The summed E-state index contributed by atoms with van der Waals surface area (Å²) in [4.78, 5) is 30.1. The first-order valence-corrected chi connectivity index (χ1v) is 23.4. The van der Waals surface area contributed by atoms with E-state index in [2.05, 4.69) is 48.7 Å². The van der Waals surface area contributed by atoms with E-state index in [1.807, 2.05) is 84.9 Å². The van der Waals surface area contributed by atoms with Crippen LogP contribution in [0.4, 0.5) is 22.7 Å². The van der Waals surface area contributed by atoms with E-state index in [9.17, 15) is 10.2 Å². The molecule has 3 aliphatic carbocycles. The zero-order valence-electron chi connectivity index (χ0n) is 36.9. The molecule has 0 atom stereocenters. The maximum absolute atomic E-state index is 15.1. The van der Waals surface area contributed by atoms with Crippen LogP contribution in [-0.4, -0.2) is 21.8 Å². The Morgan fingerprint density at radius 2 is 0.844 bits per heavy atom. The van der Waals surface area contributed by atoms with Gasteiger partial charge in [-0.05, 0) is 135 Å². The lowest BCUT2D eigenvalue weighted by atomic mass is 9.77. The largest absolute Gasteiger partial charge is 0.504 e. The highest BCUT2D eigenvalue weighted by Gasteiger charge is 2.41. The van der Waals surface area contributed by atoms with Gasteiger partial charge in [0.05, 0.1) is 33.6 Å². The molecule has 0 aliphatic heterocycles. The van der Waals surface area contributed by atoms with Crippen molar-refractivity contribution in [3.63, 3.8) is 0 Å². The van der Waals surface area contributed by atoms with Crippen molar-refractivity contribution >= 4 is 34.3 Å². The predicted molar refractivity (Wildman–Crippen MR) is 255 cm³/mol. The third-order valence-corrected chi connectivity index (χ3v) is 13.8. The lowest BCUT2D eigenvalue weighted by Crippen LogP contribution is -2.24. The van der Waals surface area contributed by atoms with Crippen LogP contribution in [0.2, 0.25) is 0 Å². The van der Waals surface area contributed by atoms with E-state index in [0.29, 0.717) is 34.7 Å². The summed E-state index contributed by atoms with van der Waals surface area (Å²) < 4.78 is 12.7. The summed E-state index contributed by atoms with van der Waals surface area (Å²) in [7, 11) is 0. The van der Waals surface area contributed by atoms with Gasteiger partial charge in [-0.25, -0.2) is 0 Å². The molecule has 2 fully saturated rings. The Bertz CT molecular complexity index is 2410. The number of fused-ring (bicyclic) bond motifs is 2. The fraction of sp³-hybridized carbons (Fsp3) is 0.321. The van der Waals surface area contributed by atoms with Crippen LogP contribution in [0.1, 0.15) is 146 Å². The Labute approximate surface area is 376 Å². The van der Waals surface area contributed by atoms with Crippen molar-refractivity contribution in [3.05, 3.63) is 155 Å². The number of carbonyl (C=O) groups is 2. The number of ether oxygens (including phenoxy) is 2. The van der Waals surface area contributed by atoms with Gasteiger partial charge >= 0.3 is 0 Å². The average Bonchev–Trinajstić information content (AvgIpc) is 3.32. The lowest BCUT2D eigenvalue weighted by Gasteiger charge is -2.29. The molecule has 0 radical (unpaired) electrons. The van der Waals surface area contributed by atoms with Crippen LogP contribution >= 0.6 is 0 Å². The molecule has 6 aromatic carbocycles. The zero-order valence-corrected chi connectivity index (χ0v) is 36.9. The van der Waals surface area contributed by atoms with Gasteiger partial charge in [-0.3, -0.25) is 9.59 Å². The summed E-state index contributed by atoms with van der Waals surface area (Å²) in [6, 6.07) is 37.5. The van der Waals surface area contributed by atoms with Crippen molar-refractivity contribution in [2.45, 2.75) is 103 Å². The molecule has 3 aliphatic rings. The number of ketones is 2. The van der Waals surface area contributed by atoms with Crippen LogP contribution in [0.15, 0.2) is 121 Å². The number of para-hydroxylation sites is 2. The Kier molecular flexibility index (Phi) is 12.7. The van der Waals surface area contributed by atoms with Crippen LogP contribution in [0.3, 0.4) is 0 Å². The van der Waals surface area contributed by atoms with Crippen LogP contribution in [0, 0.1) is 11.8 Å². The van der Waals surface area contributed by atoms with Crippen molar-refractivity contribution in [2.75, 3.05) is 10.6 Å². The number of phenolic OH excluding ortho intramolecular Hbond substituents is 2. The highest BCUT2D eigenvalue weighted by Crippen LogP contribution is 2.51. The number of anilines is 4. The zero-order chi connectivity index (χ0) is 44.2. The number of nitrogens with one attached hydrogen (secondary N) is 2. The molecule has 328 valence electrons. The van der Waals surface area contributed by atoms with Gasteiger partial charge in [0.15, 0.2) is 23.0 Å². The topological polar surface area (TPSA) is 117 Å². The molecule has 0 spiro atoms. The van der Waals surface area contributed by atoms with Crippen molar-refractivity contribution in [1.82, 2.24) is 0 Å². The minimum absolute atomic E-state index is 0.00815. The molecule has 6 aromatic rings. The second kappa shape index (κ2) is 19.1. The minimum atomic E-state index is -0.657. The molecule has 0 amide bonds. The Morgan fingerprint density at radius 1 is 0.484 bits per heavy atom. The van der Waals surface area contributed by atoms with E-state index < -0.39 is 23.1 Å². The predicted octanol–water partition coefficient (Wildman–Crippen LogP) is 15.1. The normalized spacial score (nSPS) is 19.3. The number of hydrogen-bond donors (Lipinski definition) is 4. The standard InChI is InChI=1S/C56H58N2O6/c1-3-11-35-17-21-37(22-18-35)39-25-29-43(30-26-39)63-47-33-45(57-41-13-7-5-8-14-41)49-51(53(47)59)55(61)50-46(58-42-15-9-6-10-16-42)34-48(54(60)52(50)56(49)62)64-44-31-27-40(28-32-44)38-23-19-36(12-4-2)20-24-38/h5-10,13-16,25-38,57-60H,3-4,11-12,17-24H2,1-2H3. The maximum atomic E-state index is 15.1. The van der Waals surface area contributed by atoms with Gasteiger partial charge in [-0.15, -0.1) is 0 Å².